The molecule has 1 aromatic carbocycles. The topological polar surface area (TPSA) is 167 Å². The summed E-state index contributed by atoms with van der Waals surface area (Å²) in [6.45, 7) is 5.66. The van der Waals surface area contributed by atoms with Gasteiger partial charge < -0.3 is 14.8 Å². The number of non-ortho nitro benzene ring substituents is 1. The molecule has 0 aliphatic carbocycles. The molecule has 1 fully saturated rings. The summed E-state index contributed by atoms with van der Waals surface area (Å²) in [6.07, 6.45) is -0.487. The third kappa shape index (κ3) is 4.97. The van der Waals surface area contributed by atoms with E-state index in [1.807, 2.05) is 0 Å². The van der Waals surface area contributed by atoms with Crippen LogP contribution in [0.1, 0.15) is 20.8 Å². The van der Waals surface area contributed by atoms with Crippen LogP contribution in [-0.4, -0.2) is 62.6 Å². The lowest BCUT2D eigenvalue weighted by molar-refractivity contribution is -0.717. The molecule has 158 valence electrons. The molecule has 14 nitrogen and oxygen atoms in total. The molecule has 0 aromatic heterocycles. The smallest absolute Gasteiger partial charge is 0.410 e. The van der Waals surface area contributed by atoms with Crippen molar-refractivity contribution in [1.29, 1.82) is 0 Å². The number of hydrazine groups is 1. The standard InChI is InChI=1S/C15H20N6O8/c1-4-28-15(22)17-8-11(3)18(9-10(17)2)21(27)16-29-14-6-5-12(19(23)24)7-13(14)20(25)26/h5-7,10-11H,4,8-9H2,1-3H3/b21-16-. The number of nitrogens with zero attached hydrogens (tertiary/aromatic N) is 6. The summed E-state index contributed by atoms with van der Waals surface area (Å²) < 4.78 is 4.98. The number of benzene rings is 1. The molecule has 0 radical (unpaired) electrons. The van der Waals surface area contributed by atoms with Crippen molar-refractivity contribution in [3.63, 3.8) is 0 Å². The molecule has 29 heavy (non-hydrogen) atoms. The Morgan fingerprint density at radius 2 is 1.86 bits per heavy atom. The molecular weight excluding hydrogens is 392 g/mol. The minimum atomic E-state index is -0.879. The third-order valence-electron chi connectivity index (χ3n) is 4.23. The lowest BCUT2D eigenvalue weighted by Crippen LogP contribution is -2.59. The van der Waals surface area contributed by atoms with Gasteiger partial charge in [-0.05, 0) is 26.8 Å². The summed E-state index contributed by atoms with van der Waals surface area (Å²) in [5.74, 6) is -0.424. The van der Waals surface area contributed by atoms with Crippen LogP contribution in [0.15, 0.2) is 23.5 Å². The maximum atomic E-state index is 12.3. The van der Waals surface area contributed by atoms with Crippen LogP contribution in [0.25, 0.3) is 0 Å². The van der Waals surface area contributed by atoms with E-state index in [0.29, 0.717) is 6.07 Å². The number of piperazine rings is 1. The lowest BCUT2D eigenvalue weighted by Gasteiger charge is -2.39. The Balaban J connectivity index is 2.15. The van der Waals surface area contributed by atoms with Crippen molar-refractivity contribution in [3.05, 3.63) is 43.6 Å². The molecule has 1 aliphatic heterocycles. The highest BCUT2D eigenvalue weighted by Gasteiger charge is 2.37. The summed E-state index contributed by atoms with van der Waals surface area (Å²) in [5.41, 5.74) is -1.20. The Morgan fingerprint density at radius 1 is 1.17 bits per heavy atom. The van der Waals surface area contributed by atoms with Crippen molar-refractivity contribution in [1.82, 2.24) is 9.91 Å². The first kappa shape index (κ1) is 21.6. The highest BCUT2D eigenvalue weighted by Crippen LogP contribution is 2.31. The number of hydrogen-bond donors (Lipinski definition) is 0. The fourth-order valence-electron chi connectivity index (χ4n) is 2.77. The van der Waals surface area contributed by atoms with Gasteiger partial charge in [0, 0.05) is 6.07 Å². The van der Waals surface area contributed by atoms with Crippen molar-refractivity contribution in [2.75, 3.05) is 19.7 Å². The molecule has 0 N–H and O–H groups in total. The third-order valence-corrected chi connectivity index (χ3v) is 4.23. The SMILES string of the molecule is CCOC(=O)N1CC(C)N(/[N+]([O-])=N/Oc2ccc([N+](=O)[O-])cc2[N+](=O)[O-])CC1C. The van der Waals surface area contributed by atoms with Gasteiger partial charge in [-0.3, -0.25) is 25.1 Å². The Bertz CT molecular complexity index is 831. The monoisotopic (exact) mass is 412 g/mol. The van der Waals surface area contributed by atoms with Gasteiger partial charge in [-0.25, -0.2) is 4.79 Å². The number of hydrogen-bond acceptors (Lipinski definition) is 9. The molecule has 14 heteroatoms. The highest BCUT2D eigenvalue weighted by molar-refractivity contribution is 5.68. The number of carbonyl (C=O) groups is 1. The molecule has 1 aromatic rings. The summed E-state index contributed by atoms with van der Waals surface area (Å²) >= 11 is 0. The maximum Gasteiger partial charge on any atom is 0.410 e. The van der Waals surface area contributed by atoms with Crippen molar-refractivity contribution >= 4 is 17.5 Å². The first-order chi connectivity index (χ1) is 13.6. The average Bonchev–Trinajstić information content (AvgIpc) is 2.67. The second-order valence-electron chi connectivity index (χ2n) is 6.26. The van der Waals surface area contributed by atoms with E-state index in [-0.39, 0.29) is 30.7 Å². The van der Waals surface area contributed by atoms with Gasteiger partial charge in [0.1, 0.15) is 6.04 Å². The van der Waals surface area contributed by atoms with Crippen LogP contribution in [-0.2, 0) is 4.74 Å². The fraction of sp³-hybridized carbons (Fsp3) is 0.533. The van der Waals surface area contributed by atoms with Gasteiger partial charge in [-0.15, -0.1) is 5.01 Å². The van der Waals surface area contributed by atoms with Gasteiger partial charge in [0.15, 0.2) is 0 Å². The molecule has 2 rings (SSSR count). The summed E-state index contributed by atoms with van der Waals surface area (Å²) in [6, 6.07) is 1.90. The molecule has 1 amide bonds. The van der Waals surface area contributed by atoms with Crippen LogP contribution in [0, 0.1) is 25.4 Å². The van der Waals surface area contributed by atoms with Crippen molar-refractivity contribution in [2.24, 2.45) is 5.28 Å². The van der Waals surface area contributed by atoms with Gasteiger partial charge in [0.05, 0.1) is 46.6 Å². The van der Waals surface area contributed by atoms with Crippen LogP contribution in [0.4, 0.5) is 16.2 Å². The minimum Gasteiger partial charge on any atom is -0.569 e. The molecule has 2 unspecified atom stereocenters. The molecule has 0 spiro atoms. The fourth-order valence-corrected chi connectivity index (χ4v) is 2.77. The van der Waals surface area contributed by atoms with Crippen molar-refractivity contribution in [3.8, 4) is 5.75 Å². The zero-order chi connectivity index (χ0) is 21.7. The van der Waals surface area contributed by atoms with E-state index in [0.717, 1.165) is 12.1 Å². The number of carbonyl (C=O) groups excluding carboxylic acids is 1. The van der Waals surface area contributed by atoms with Crippen LogP contribution >= 0.6 is 0 Å². The lowest BCUT2D eigenvalue weighted by atomic mass is 10.1. The molecule has 1 heterocycles. The second kappa shape index (κ2) is 8.99. The van der Waals surface area contributed by atoms with Crippen molar-refractivity contribution < 1.29 is 29.2 Å². The summed E-state index contributed by atoms with van der Waals surface area (Å²) in [7, 11) is 0. The van der Waals surface area contributed by atoms with E-state index in [2.05, 4.69) is 5.28 Å². The average molecular weight is 412 g/mol. The highest BCUT2D eigenvalue weighted by atomic mass is 16.7. The van der Waals surface area contributed by atoms with E-state index in [1.54, 1.807) is 20.8 Å². The largest absolute Gasteiger partial charge is 0.569 e. The Labute approximate surface area is 164 Å². The number of rotatable bonds is 6. The molecule has 0 bridgehead atoms. The van der Waals surface area contributed by atoms with Crippen LogP contribution in [0.3, 0.4) is 0 Å². The van der Waals surface area contributed by atoms with E-state index >= 15 is 0 Å². The van der Waals surface area contributed by atoms with Crippen LogP contribution in [0.2, 0.25) is 0 Å². The molecule has 0 saturated carbocycles. The number of amides is 1. The van der Waals surface area contributed by atoms with Crippen molar-refractivity contribution in [2.45, 2.75) is 32.9 Å². The predicted octanol–water partition coefficient (Wildman–Crippen LogP) is 2.23. The first-order valence-corrected chi connectivity index (χ1v) is 8.63. The van der Waals surface area contributed by atoms with Gasteiger partial charge in [-0.2, -0.15) is 0 Å². The first-order valence-electron chi connectivity index (χ1n) is 8.63. The Kier molecular flexibility index (Phi) is 6.69. The van der Waals surface area contributed by atoms with E-state index in [1.165, 1.54) is 9.91 Å². The molecule has 1 saturated heterocycles. The van der Waals surface area contributed by atoms with E-state index in [4.69, 9.17) is 9.57 Å². The number of ether oxygens (including phenoxy) is 1. The Hall–Kier alpha value is -3.71. The van der Waals surface area contributed by atoms with E-state index < -0.39 is 39.1 Å². The van der Waals surface area contributed by atoms with Gasteiger partial charge in [0.2, 0.25) is 11.0 Å². The predicted molar refractivity (Wildman–Crippen MR) is 95.8 cm³/mol. The van der Waals surface area contributed by atoms with Gasteiger partial charge >= 0.3 is 11.8 Å². The molecular formula is C15H20N6O8. The zero-order valence-electron chi connectivity index (χ0n) is 16.0. The van der Waals surface area contributed by atoms with Gasteiger partial charge in [-0.1, -0.05) is 0 Å². The number of nitro benzene ring substituents is 2. The number of nitro groups is 2. The Morgan fingerprint density at radius 3 is 2.45 bits per heavy atom. The van der Waals surface area contributed by atoms with Crippen LogP contribution < -0.4 is 4.84 Å². The maximum absolute atomic E-state index is 12.3. The van der Waals surface area contributed by atoms with E-state index in [9.17, 15) is 30.2 Å². The minimum absolute atomic E-state index is 0.124. The second-order valence-corrected chi connectivity index (χ2v) is 6.26. The quantitative estimate of drug-likeness (QED) is 0.294. The molecule has 2 atom stereocenters. The summed E-state index contributed by atoms with van der Waals surface area (Å²) in [5, 5.41) is 38.8. The van der Waals surface area contributed by atoms with Crippen LogP contribution in [0.5, 0.6) is 5.75 Å². The summed E-state index contributed by atoms with van der Waals surface area (Å²) in [4.78, 5) is 38.6. The molecule has 1 aliphatic rings. The van der Waals surface area contributed by atoms with Gasteiger partial charge in [0.25, 0.3) is 5.69 Å². The zero-order valence-corrected chi connectivity index (χ0v) is 16.0. The normalized spacial score (nSPS) is 19.6.